The highest BCUT2D eigenvalue weighted by Crippen LogP contribution is 2.24. The van der Waals surface area contributed by atoms with Gasteiger partial charge in [0.15, 0.2) is 5.78 Å². The lowest BCUT2D eigenvalue weighted by Gasteiger charge is -2.30. The molecule has 1 aliphatic rings. The van der Waals surface area contributed by atoms with E-state index in [9.17, 15) is 13.6 Å². The molecule has 0 N–H and O–H groups in total. The molecule has 1 aliphatic heterocycles. The van der Waals surface area contributed by atoms with E-state index in [1.807, 2.05) is 12.2 Å². The van der Waals surface area contributed by atoms with Crippen LogP contribution < -0.4 is 0 Å². The molecule has 0 unspecified atom stereocenters. The first kappa shape index (κ1) is 20.9. The Hall–Kier alpha value is -3.37. The SMILES string of the molecule is Cc1ccc(CN2CC(=Cc3ccc(F)cc3)C(=O)C(=Cc3ccc(F)cc3)C2)cc1. The molecule has 0 spiro atoms. The fraction of sp³-hybridized carbons (Fsp3) is 0.148. The maximum Gasteiger partial charge on any atom is 0.187 e. The van der Waals surface area contributed by atoms with Gasteiger partial charge in [-0.25, -0.2) is 8.78 Å². The van der Waals surface area contributed by atoms with Gasteiger partial charge in [-0.05, 0) is 60.0 Å². The summed E-state index contributed by atoms with van der Waals surface area (Å²) in [6.45, 7) is 3.77. The highest BCUT2D eigenvalue weighted by molar-refractivity contribution is 6.14. The van der Waals surface area contributed by atoms with E-state index in [0.717, 1.165) is 11.1 Å². The molecule has 4 rings (SSSR count). The number of Topliss-reactive ketones (excluding diaryl/α,β-unsaturated/α-hetero) is 1. The molecule has 1 saturated heterocycles. The minimum absolute atomic E-state index is 0.0335. The number of benzene rings is 3. The lowest BCUT2D eigenvalue weighted by molar-refractivity contribution is -0.113. The fourth-order valence-corrected chi connectivity index (χ4v) is 3.69. The summed E-state index contributed by atoms with van der Waals surface area (Å²) in [6, 6.07) is 20.6. The van der Waals surface area contributed by atoms with Crippen molar-refractivity contribution in [2.45, 2.75) is 13.5 Å². The average molecular weight is 415 g/mol. The Balaban J connectivity index is 1.66. The van der Waals surface area contributed by atoms with Crippen LogP contribution in [0.3, 0.4) is 0 Å². The van der Waals surface area contributed by atoms with Crippen LogP contribution in [-0.4, -0.2) is 23.8 Å². The van der Waals surface area contributed by atoms with Crippen molar-refractivity contribution in [3.63, 3.8) is 0 Å². The summed E-state index contributed by atoms with van der Waals surface area (Å²) in [4.78, 5) is 15.4. The maximum absolute atomic E-state index is 13.3. The molecule has 1 heterocycles. The summed E-state index contributed by atoms with van der Waals surface area (Å²) >= 11 is 0. The topological polar surface area (TPSA) is 20.3 Å². The van der Waals surface area contributed by atoms with Gasteiger partial charge >= 0.3 is 0 Å². The number of nitrogens with zero attached hydrogens (tertiary/aromatic N) is 1. The Bertz CT molecular complexity index is 1060. The number of aryl methyl sites for hydroxylation is 1. The highest BCUT2D eigenvalue weighted by Gasteiger charge is 2.26. The summed E-state index contributed by atoms with van der Waals surface area (Å²) in [5.41, 5.74) is 5.23. The van der Waals surface area contributed by atoms with Gasteiger partial charge in [-0.1, -0.05) is 54.1 Å². The minimum atomic E-state index is -0.310. The molecule has 3 aromatic carbocycles. The van der Waals surface area contributed by atoms with E-state index in [4.69, 9.17) is 0 Å². The number of carbonyl (C=O) groups is 1. The predicted octanol–water partition coefficient (Wildman–Crippen LogP) is 5.83. The molecule has 2 nitrogen and oxygen atoms in total. The van der Waals surface area contributed by atoms with E-state index >= 15 is 0 Å². The lowest BCUT2D eigenvalue weighted by Crippen LogP contribution is -2.37. The zero-order chi connectivity index (χ0) is 21.8. The number of piperidine rings is 1. The molecule has 0 atom stereocenters. The molecule has 0 radical (unpaired) electrons. The first-order valence-electron chi connectivity index (χ1n) is 10.2. The molecule has 1 fully saturated rings. The van der Waals surface area contributed by atoms with Crippen LogP contribution >= 0.6 is 0 Å². The van der Waals surface area contributed by atoms with Crippen LogP contribution in [-0.2, 0) is 11.3 Å². The van der Waals surface area contributed by atoms with Crippen molar-refractivity contribution in [2.75, 3.05) is 13.1 Å². The summed E-state index contributed by atoms with van der Waals surface area (Å²) in [6.07, 6.45) is 3.64. The fourth-order valence-electron chi connectivity index (χ4n) is 3.69. The Morgan fingerprint density at radius 3 is 1.65 bits per heavy atom. The van der Waals surface area contributed by atoms with Crippen LogP contribution in [0.15, 0.2) is 83.9 Å². The molecular weight excluding hydrogens is 392 g/mol. The molecule has 3 aromatic rings. The number of likely N-dealkylation sites (tertiary alicyclic amines) is 1. The van der Waals surface area contributed by atoms with Gasteiger partial charge in [0.1, 0.15) is 11.6 Å². The second kappa shape index (κ2) is 9.19. The van der Waals surface area contributed by atoms with Crippen LogP contribution in [0.2, 0.25) is 0 Å². The largest absolute Gasteiger partial charge is 0.290 e. The summed E-state index contributed by atoms with van der Waals surface area (Å²) in [5.74, 6) is -0.654. The molecule has 0 aliphatic carbocycles. The van der Waals surface area contributed by atoms with Crippen molar-refractivity contribution in [3.05, 3.63) is 118 Å². The molecule has 0 bridgehead atoms. The van der Waals surface area contributed by atoms with E-state index in [0.29, 0.717) is 30.8 Å². The van der Waals surface area contributed by atoms with Crippen LogP contribution in [0, 0.1) is 18.6 Å². The van der Waals surface area contributed by atoms with Gasteiger partial charge in [-0.15, -0.1) is 0 Å². The van der Waals surface area contributed by atoms with E-state index in [-0.39, 0.29) is 17.4 Å². The van der Waals surface area contributed by atoms with Gasteiger partial charge in [0, 0.05) is 30.8 Å². The second-order valence-electron chi connectivity index (χ2n) is 7.90. The van der Waals surface area contributed by atoms with Crippen LogP contribution in [0.25, 0.3) is 12.2 Å². The van der Waals surface area contributed by atoms with Crippen molar-refractivity contribution in [1.29, 1.82) is 0 Å². The molecule has 0 saturated carbocycles. The van der Waals surface area contributed by atoms with Crippen molar-refractivity contribution >= 4 is 17.9 Å². The normalized spacial score (nSPS) is 17.5. The summed E-state index contributed by atoms with van der Waals surface area (Å²) in [7, 11) is 0. The van der Waals surface area contributed by atoms with Crippen molar-refractivity contribution < 1.29 is 13.6 Å². The van der Waals surface area contributed by atoms with Crippen LogP contribution in [0.4, 0.5) is 8.78 Å². The number of rotatable bonds is 4. The van der Waals surface area contributed by atoms with E-state index in [1.54, 1.807) is 24.3 Å². The third kappa shape index (κ3) is 5.41. The monoisotopic (exact) mass is 415 g/mol. The van der Waals surface area contributed by atoms with Gasteiger partial charge in [0.25, 0.3) is 0 Å². The number of carbonyl (C=O) groups excluding carboxylic acids is 1. The van der Waals surface area contributed by atoms with E-state index in [2.05, 4.69) is 36.1 Å². The second-order valence-corrected chi connectivity index (χ2v) is 7.90. The van der Waals surface area contributed by atoms with Gasteiger partial charge in [0.2, 0.25) is 0 Å². The molecule has 31 heavy (non-hydrogen) atoms. The highest BCUT2D eigenvalue weighted by atomic mass is 19.1. The standard InChI is InChI=1S/C27H23F2NO/c1-19-2-4-22(5-3-19)16-30-17-23(14-20-6-10-25(28)11-7-20)27(31)24(18-30)15-21-8-12-26(29)13-9-21/h2-15H,16-18H2,1H3. The van der Waals surface area contributed by atoms with Gasteiger partial charge in [0.05, 0.1) is 0 Å². The quantitative estimate of drug-likeness (QED) is 0.500. The summed E-state index contributed by atoms with van der Waals surface area (Å²) in [5, 5.41) is 0. The molecule has 4 heteroatoms. The predicted molar refractivity (Wildman–Crippen MR) is 120 cm³/mol. The molecular formula is C27H23F2NO. The Kier molecular flexibility index (Phi) is 6.19. The van der Waals surface area contributed by atoms with Crippen molar-refractivity contribution in [1.82, 2.24) is 4.90 Å². The van der Waals surface area contributed by atoms with Crippen LogP contribution in [0.5, 0.6) is 0 Å². The van der Waals surface area contributed by atoms with Gasteiger partial charge in [-0.2, -0.15) is 0 Å². The van der Waals surface area contributed by atoms with Crippen LogP contribution in [0.1, 0.15) is 22.3 Å². The smallest absolute Gasteiger partial charge is 0.187 e. The zero-order valence-electron chi connectivity index (χ0n) is 17.3. The average Bonchev–Trinajstić information content (AvgIpc) is 2.76. The van der Waals surface area contributed by atoms with E-state index in [1.165, 1.54) is 35.4 Å². The molecule has 156 valence electrons. The summed E-state index contributed by atoms with van der Waals surface area (Å²) < 4.78 is 26.6. The molecule has 0 amide bonds. The first-order chi connectivity index (χ1) is 15.0. The number of hydrogen-bond acceptors (Lipinski definition) is 2. The third-order valence-corrected chi connectivity index (χ3v) is 5.32. The minimum Gasteiger partial charge on any atom is -0.290 e. The number of ketones is 1. The molecule has 0 aromatic heterocycles. The lowest BCUT2D eigenvalue weighted by atomic mass is 9.94. The van der Waals surface area contributed by atoms with E-state index < -0.39 is 0 Å². The van der Waals surface area contributed by atoms with Crippen molar-refractivity contribution in [2.24, 2.45) is 0 Å². The first-order valence-corrected chi connectivity index (χ1v) is 10.2. The Morgan fingerprint density at radius 2 is 1.19 bits per heavy atom. The number of halogens is 2. The number of hydrogen-bond donors (Lipinski definition) is 0. The van der Waals surface area contributed by atoms with Gasteiger partial charge < -0.3 is 0 Å². The van der Waals surface area contributed by atoms with Crippen molar-refractivity contribution in [3.8, 4) is 0 Å². The third-order valence-electron chi connectivity index (χ3n) is 5.32. The zero-order valence-corrected chi connectivity index (χ0v) is 17.3. The maximum atomic E-state index is 13.3. The van der Waals surface area contributed by atoms with Gasteiger partial charge in [-0.3, -0.25) is 9.69 Å². The Labute approximate surface area is 181 Å². The Morgan fingerprint density at radius 1 is 0.742 bits per heavy atom.